The molecule has 2 aromatic heterocycles. The van der Waals surface area contributed by atoms with Gasteiger partial charge in [0.1, 0.15) is 6.33 Å². The maximum atomic E-state index is 4.32. The molecule has 17 heavy (non-hydrogen) atoms. The minimum Gasteiger partial charge on any atom is -0.268 e. The zero-order valence-corrected chi connectivity index (χ0v) is 9.74. The van der Waals surface area contributed by atoms with Gasteiger partial charge in [-0.1, -0.05) is 0 Å². The van der Waals surface area contributed by atoms with Gasteiger partial charge < -0.3 is 0 Å². The van der Waals surface area contributed by atoms with Crippen LogP contribution in [-0.4, -0.2) is 19.7 Å². The smallest absolute Gasteiger partial charge is 0.115 e. The number of hydrogen-bond acceptors (Lipinski definition) is 3. The first-order valence-corrected chi connectivity index (χ1v) is 5.80. The van der Waals surface area contributed by atoms with Crippen molar-refractivity contribution in [3.63, 3.8) is 0 Å². The van der Waals surface area contributed by atoms with Gasteiger partial charge in [0.05, 0.1) is 17.6 Å². The van der Waals surface area contributed by atoms with E-state index in [-0.39, 0.29) is 0 Å². The standard InChI is InChI=1S/C13H14N4/c1-17-13(12(8-16-17)10-2-3-10)5-4-11-6-7-14-9-15-11/h4-10H,2-3H2,1H3/b5-4+. The van der Waals surface area contributed by atoms with E-state index in [1.54, 1.807) is 12.5 Å². The van der Waals surface area contributed by atoms with Gasteiger partial charge in [0.2, 0.25) is 0 Å². The first-order valence-electron chi connectivity index (χ1n) is 5.80. The Hall–Kier alpha value is -1.97. The fraction of sp³-hybridized carbons (Fsp3) is 0.308. The minimum absolute atomic E-state index is 0.716. The molecule has 0 unspecified atom stereocenters. The minimum atomic E-state index is 0.716. The molecule has 2 aromatic rings. The summed E-state index contributed by atoms with van der Waals surface area (Å²) < 4.78 is 1.92. The molecular weight excluding hydrogens is 212 g/mol. The Morgan fingerprint density at radius 3 is 2.94 bits per heavy atom. The molecule has 0 bridgehead atoms. The lowest BCUT2D eigenvalue weighted by molar-refractivity contribution is 0.758. The van der Waals surface area contributed by atoms with Crippen LogP contribution in [0.3, 0.4) is 0 Å². The second-order valence-electron chi connectivity index (χ2n) is 4.35. The van der Waals surface area contributed by atoms with Crippen LogP contribution in [0.2, 0.25) is 0 Å². The van der Waals surface area contributed by atoms with E-state index in [1.807, 2.05) is 30.1 Å². The van der Waals surface area contributed by atoms with Gasteiger partial charge >= 0.3 is 0 Å². The van der Waals surface area contributed by atoms with Crippen LogP contribution in [0, 0.1) is 0 Å². The predicted octanol–water partition coefficient (Wildman–Crippen LogP) is 2.26. The van der Waals surface area contributed by atoms with Gasteiger partial charge in [-0.2, -0.15) is 5.10 Å². The van der Waals surface area contributed by atoms with Crippen LogP contribution < -0.4 is 0 Å². The Morgan fingerprint density at radius 2 is 2.24 bits per heavy atom. The zero-order valence-electron chi connectivity index (χ0n) is 9.74. The van der Waals surface area contributed by atoms with Crippen molar-refractivity contribution >= 4 is 12.2 Å². The Bertz CT molecular complexity index is 538. The Kier molecular flexibility index (Phi) is 2.48. The molecule has 0 atom stereocenters. The van der Waals surface area contributed by atoms with E-state index in [1.165, 1.54) is 24.1 Å². The molecule has 1 aliphatic carbocycles. The van der Waals surface area contributed by atoms with Crippen LogP contribution >= 0.6 is 0 Å². The highest BCUT2D eigenvalue weighted by molar-refractivity contribution is 5.68. The lowest BCUT2D eigenvalue weighted by Crippen LogP contribution is -1.94. The van der Waals surface area contributed by atoms with E-state index in [9.17, 15) is 0 Å². The first-order chi connectivity index (χ1) is 8.34. The van der Waals surface area contributed by atoms with Crippen LogP contribution in [0.4, 0.5) is 0 Å². The normalized spacial score (nSPS) is 15.6. The average Bonchev–Trinajstić information content (AvgIpc) is 3.13. The summed E-state index contributed by atoms with van der Waals surface area (Å²) in [6, 6.07) is 1.89. The molecular formula is C13H14N4. The molecule has 0 aromatic carbocycles. The Labute approximate surface area is 100 Å². The van der Waals surface area contributed by atoms with Crippen molar-refractivity contribution in [2.75, 3.05) is 0 Å². The molecule has 0 amide bonds. The van der Waals surface area contributed by atoms with Gasteiger partial charge in [-0.15, -0.1) is 0 Å². The molecule has 0 aliphatic heterocycles. The predicted molar refractivity (Wildman–Crippen MR) is 66.1 cm³/mol. The first kappa shape index (κ1) is 10.2. The summed E-state index contributed by atoms with van der Waals surface area (Å²) in [4.78, 5) is 8.07. The molecule has 1 saturated carbocycles. The summed E-state index contributed by atoms with van der Waals surface area (Å²) in [5.74, 6) is 0.716. The molecule has 3 rings (SSSR count). The average molecular weight is 226 g/mol. The third kappa shape index (κ3) is 2.11. The maximum Gasteiger partial charge on any atom is 0.115 e. The van der Waals surface area contributed by atoms with E-state index < -0.39 is 0 Å². The van der Waals surface area contributed by atoms with Gasteiger partial charge in [0, 0.05) is 18.8 Å². The van der Waals surface area contributed by atoms with Crippen molar-refractivity contribution in [2.24, 2.45) is 7.05 Å². The fourth-order valence-electron chi connectivity index (χ4n) is 1.94. The maximum absolute atomic E-state index is 4.32. The van der Waals surface area contributed by atoms with Gasteiger partial charge in [-0.05, 0) is 37.0 Å². The number of aromatic nitrogens is 4. The zero-order chi connectivity index (χ0) is 11.7. The van der Waals surface area contributed by atoms with Gasteiger partial charge in [0.25, 0.3) is 0 Å². The van der Waals surface area contributed by atoms with Crippen LogP contribution in [0.1, 0.15) is 35.7 Å². The van der Waals surface area contributed by atoms with Crippen molar-refractivity contribution in [1.29, 1.82) is 0 Å². The van der Waals surface area contributed by atoms with Crippen LogP contribution in [0.15, 0.2) is 24.8 Å². The van der Waals surface area contributed by atoms with Crippen molar-refractivity contribution < 1.29 is 0 Å². The Balaban J connectivity index is 1.89. The summed E-state index contributed by atoms with van der Waals surface area (Å²) in [5.41, 5.74) is 3.46. The molecule has 0 N–H and O–H groups in total. The van der Waals surface area contributed by atoms with Crippen molar-refractivity contribution in [2.45, 2.75) is 18.8 Å². The second kappa shape index (κ2) is 4.13. The lowest BCUT2D eigenvalue weighted by Gasteiger charge is -1.99. The van der Waals surface area contributed by atoms with Crippen molar-refractivity contribution in [1.82, 2.24) is 19.7 Å². The highest BCUT2D eigenvalue weighted by atomic mass is 15.3. The highest BCUT2D eigenvalue weighted by Crippen LogP contribution is 2.41. The number of nitrogens with zero attached hydrogens (tertiary/aromatic N) is 4. The second-order valence-corrected chi connectivity index (χ2v) is 4.35. The molecule has 1 fully saturated rings. The topological polar surface area (TPSA) is 43.6 Å². The van der Waals surface area contributed by atoms with E-state index in [2.05, 4.69) is 21.1 Å². The SMILES string of the molecule is Cn1ncc(C2CC2)c1/C=C/c1ccncn1. The van der Waals surface area contributed by atoms with E-state index in [0.29, 0.717) is 5.92 Å². The molecule has 4 heteroatoms. The van der Waals surface area contributed by atoms with Crippen LogP contribution in [0.5, 0.6) is 0 Å². The van der Waals surface area contributed by atoms with Crippen LogP contribution in [-0.2, 0) is 7.05 Å². The van der Waals surface area contributed by atoms with Gasteiger partial charge in [-0.3, -0.25) is 4.68 Å². The Morgan fingerprint density at radius 1 is 1.35 bits per heavy atom. The molecule has 0 saturated heterocycles. The van der Waals surface area contributed by atoms with E-state index >= 15 is 0 Å². The van der Waals surface area contributed by atoms with E-state index in [0.717, 1.165) is 5.69 Å². The van der Waals surface area contributed by atoms with E-state index in [4.69, 9.17) is 0 Å². The highest BCUT2D eigenvalue weighted by Gasteiger charge is 2.27. The molecule has 2 heterocycles. The summed E-state index contributed by atoms with van der Waals surface area (Å²) in [6.07, 6.45) is 12.0. The third-order valence-corrected chi connectivity index (χ3v) is 3.05. The monoisotopic (exact) mass is 226 g/mol. The number of rotatable bonds is 3. The van der Waals surface area contributed by atoms with Crippen molar-refractivity contribution in [3.8, 4) is 0 Å². The summed E-state index contributed by atoms with van der Waals surface area (Å²) >= 11 is 0. The van der Waals surface area contributed by atoms with Crippen molar-refractivity contribution in [3.05, 3.63) is 41.7 Å². The van der Waals surface area contributed by atoms with Crippen LogP contribution in [0.25, 0.3) is 12.2 Å². The van der Waals surface area contributed by atoms with Gasteiger partial charge in [0.15, 0.2) is 0 Å². The lowest BCUT2D eigenvalue weighted by atomic mass is 10.1. The van der Waals surface area contributed by atoms with Gasteiger partial charge in [-0.25, -0.2) is 9.97 Å². The third-order valence-electron chi connectivity index (χ3n) is 3.05. The number of aryl methyl sites for hydroxylation is 1. The molecule has 0 spiro atoms. The summed E-state index contributed by atoms with van der Waals surface area (Å²) in [7, 11) is 1.98. The fourth-order valence-corrected chi connectivity index (χ4v) is 1.94. The molecule has 4 nitrogen and oxygen atoms in total. The number of hydrogen-bond donors (Lipinski definition) is 0. The summed E-state index contributed by atoms with van der Waals surface area (Å²) in [5, 5.41) is 4.32. The largest absolute Gasteiger partial charge is 0.268 e. The quantitative estimate of drug-likeness (QED) is 0.806. The molecule has 86 valence electrons. The molecule has 1 aliphatic rings. The molecule has 0 radical (unpaired) electrons. The summed E-state index contributed by atoms with van der Waals surface area (Å²) in [6.45, 7) is 0.